The van der Waals surface area contributed by atoms with Crippen molar-refractivity contribution in [3.05, 3.63) is 95.6 Å². The molecule has 0 heterocycles. The third-order valence-electron chi connectivity index (χ3n) is 14.5. The van der Waals surface area contributed by atoms with Crippen LogP contribution in [0.1, 0.15) is 156 Å². The molecule has 0 saturated heterocycles. The Morgan fingerprint density at radius 2 is 0.814 bits per heavy atom. The monoisotopic (exact) mass is 1620 g/mol. The van der Waals surface area contributed by atoms with Gasteiger partial charge in [0.25, 0.3) is 0 Å². The van der Waals surface area contributed by atoms with Crippen LogP contribution in [0.3, 0.4) is 0 Å². The van der Waals surface area contributed by atoms with Gasteiger partial charge < -0.3 is 106 Å². The Morgan fingerprint density at radius 1 is 0.442 bits per heavy atom. The number of rotatable bonds is 50. The Hall–Kier alpha value is -10.1. The van der Waals surface area contributed by atoms with Gasteiger partial charge in [-0.05, 0) is 79.9 Å². The molecule has 6 atom stereocenters. The Morgan fingerprint density at radius 3 is 1.18 bits per heavy atom. The van der Waals surface area contributed by atoms with E-state index in [1.54, 1.807) is 53.9 Å². The first kappa shape index (κ1) is 109. The van der Waals surface area contributed by atoms with Gasteiger partial charge in [-0.1, -0.05) is 53.7 Å². The number of carboxylic acid groups (broad SMARTS) is 2. The molecule has 0 aliphatic carbocycles. The molecule has 5 N–H and O–H groups in total. The molecule has 0 aromatic heterocycles. The molecule has 1 amide bonds. The molecule has 0 spiro atoms. The molecule has 37 heteroatoms. The molecule has 1 rings (SSSR count). The van der Waals surface area contributed by atoms with Crippen LogP contribution in [0.15, 0.2) is 73.4 Å². The number of carbonyl (C=O) groups is 15. The lowest BCUT2D eigenvalue weighted by Crippen LogP contribution is -2.43. The van der Waals surface area contributed by atoms with Crippen molar-refractivity contribution in [2.24, 2.45) is 10.8 Å². The Balaban J connectivity index is -0.000000700. The number of benzene rings is 1. The number of esters is 11. The van der Waals surface area contributed by atoms with Gasteiger partial charge in [0, 0.05) is 89.5 Å². The minimum absolute atomic E-state index is 0.0239. The van der Waals surface area contributed by atoms with Crippen LogP contribution in [-0.4, -0.2) is 292 Å². The van der Waals surface area contributed by atoms with E-state index in [-0.39, 0.29) is 132 Å². The van der Waals surface area contributed by atoms with Gasteiger partial charge in [-0.25, -0.2) is 38.4 Å². The second-order valence-corrected chi connectivity index (χ2v) is 25.1. The van der Waals surface area contributed by atoms with Crippen LogP contribution in [0.25, 0.3) is 0 Å². The van der Waals surface area contributed by atoms with E-state index in [2.05, 4.69) is 32.9 Å². The number of ether oxygens (including phenoxy) is 16. The summed E-state index contributed by atoms with van der Waals surface area (Å²) in [5.74, 6) is -11.4. The van der Waals surface area contributed by atoms with Gasteiger partial charge in [0.05, 0.1) is 61.2 Å². The average molecular weight is 1620 g/mol. The standard InChI is InChI=1S/C25H30O13.C19H30O9.C15H25NO6.C9H16O4.C8H14O4/c1-6-25(11-35-5,24(34)37-10-15(27)9-36-22(32)13(2)3)12-38-23(33)19-7-16(14(4)26)17(20(28)29)8-18(19)21(30)31;1-6-19(4,5)18(24)26-10-9-25-15(21)7-8-16(22)27-11-14(20)12-28-17(23)13(2)3;1-5-8-16(4)13(18)6-7-14(19)21-9-12(17)10-22-15(20)11(2)3;1-7(2)9(10)13-6-8(12-4)5-11-3;1-4-8(9)12-6-7(11-3)5-10-2/h7-8,15,27H,2,6,9-12H2,1,3-5H3,(H,28,29)(H,30,31);14,20H,2,6-12H2,1,3-5H3;12,17H,2,5-10H2,1,3-4H3;8H,1,5-6H2,2-4H3;4,7H,1,5-6H2,2-3H3. The number of carboxylic acids is 2. The number of carbonyl (C=O) groups excluding carboxylic acids is 13. The third kappa shape index (κ3) is 50.5. The summed E-state index contributed by atoms with van der Waals surface area (Å²) in [6.07, 6.45) is -1.90. The summed E-state index contributed by atoms with van der Waals surface area (Å²) in [5.41, 5.74) is -3.61. The fourth-order valence-electron chi connectivity index (χ4n) is 7.39. The zero-order valence-electron chi connectivity index (χ0n) is 67.5. The van der Waals surface area contributed by atoms with E-state index < -0.39 is 149 Å². The van der Waals surface area contributed by atoms with E-state index in [0.29, 0.717) is 37.8 Å². The van der Waals surface area contributed by atoms with Gasteiger partial charge in [-0.3, -0.25) is 33.6 Å². The molecule has 1 aromatic carbocycles. The highest BCUT2D eigenvalue weighted by Gasteiger charge is 2.41. The maximum absolute atomic E-state index is 12.9. The van der Waals surface area contributed by atoms with Crippen LogP contribution in [0.4, 0.5) is 0 Å². The number of methoxy groups -OCH3 is 5. The van der Waals surface area contributed by atoms with E-state index in [1.807, 2.05) is 13.8 Å². The lowest BCUT2D eigenvalue weighted by atomic mass is 9.87. The van der Waals surface area contributed by atoms with E-state index >= 15 is 0 Å². The Bertz CT molecular complexity index is 3300. The lowest BCUT2D eigenvalue weighted by Gasteiger charge is -2.29. The zero-order chi connectivity index (χ0) is 87.7. The van der Waals surface area contributed by atoms with Gasteiger partial charge in [0.1, 0.15) is 109 Å². The molecular weight excluding hydrogens is 1500 g/mol. The molecule has 6 unspecified atom stereocenters. The Kier molecular flexibility index (Phi) is 59.4. The summed E-state index contributed by atoms with van der Waals surface area (Å²) >= 11 is 0. The number of Topliss-reactive ketones (excluding diaryl/α,β-unsaturated/α-hetero) is 1. The molecule has 0 aliphatic heterocycles. The fourth-order valence-corrected chi connectivity index (χ4v) is 7.39. The van der Waals surface area contributed by atoms with E-state index in [9.17, 15) is 97.5 Å². The highest BCUT2D eigenvalue weighted by atomic mass is 16.6. The van der Waals surface area contributed by atoms with Gasteiger partial charge >= 0.3 is 77.6 Å². The van der Waals surface area contributed by atoms with Gasteiger partial charge in [-0.2, -0.15) is 0 Å². The van der Waals surface area contributed by atoms with Crippen LogP contribution in [0.5, 0.6) is 0 Å². The van der Waals surface area contributed by atoms with Crippen LogP contribution < -0.4 is 0 Å². The molecule has 0 radical (unpaired) electrons. The second kappa shape index (κ2) is 61.4. The van der Waals surface area contributed by atoms with Gasteiger partial charge in [-0.15, -0.1) is 0 Å². The average Bonchev–Trinajstić information content (AvgIpc) is 0.791. The first-order valence-corrected chi connectivity index (χ1v) is 34.9. The number of amides is 1. The normalized spacial score (nSPS) is 12.2. The highest BCUT2D eigenvalue weighted by Crippen LogP contribution is 2.28. The smallest absolute Gasteiger partial charge is 0.339 e. The Labute approximate surface area is 658 Å². The van der Waals surface area contributed by atoms with Gasteiger partial charge in [0.15, 0.2) is 5.78 Å². The molecule has 640 valence electrons. The third-order valence-corrected chi connectivity index (χ3v) is 14.5. The molecule has 0 aliphatic rings. The summed E-state index contributed by atoms with van der Waals surface area (Å²) in [6, 6.07) is 1.49. The summed E-state index contributed by atoms with van der Waals surface area (Å²) in [6.45, 7) is 31.2. The van der Waals surface area contributed by atoms with Crippen LogP contribution in [0.2, 0.25) is 0 Å². The van der Waals surface area contributed by atoms with E-state index in [4.69, 9.17) is 75.8 Å². The highest BCUT2D eigenvalue weighted by molar-refractivity contribution is 6.11. The summed E-state index contributed by atoms with van der Waals surface area (Å²) in [5, 5.41) is 47.8. The number of hydrogen-bond acceptors (Lipinski definition) is 34. The number of hydrogen-bond donors (Lipinski definition) is 5. The molecule has 0 fully saturated rings. The van der Waals surface area contributed by atoms with Crippen molar-refractivity contribution in [1.82, 2.24) is 4.90 Å². The quantitative estimate of drug-likeness (QED) is 0.0195. The van der Waals surface area contributed by atoms with Crippen molar-refractivity contribution in [3.63, 3.8) is 0 Å². The molecule has 1 aromatic rings. The first-order valence-electron chi connectivity index (χ1n) is 34.9. The zero-order valence-corrected chi connectivity index (χ0v) is 67.5. The van der Waals surface area contributed by atoms with Crippen molar-refractivity contribution in [1.29, 1.82) is 0 Å². The van der Waals surface area contributed by atoms with Crippen LogP contribution in [0, 0.1) is 10.8 Å². The van der Waals surface area contributed by atoms with Gasteiger partial charge in [0.2, 0.25) is 5.91 Å². The van der Waals surface area contributed by atoms with Crippen LogP contribution >= 0.6 is 0 Å². The molecule has 0 bridgehead atoms. The predicted octanol–water partition coefficient (Wildman–Crippen LogP) is 4.62. The fraction of sp³-hybridized carbons (Fsp3) is 0.592. The SMILES string of the molecule is C=C(C)C(=O)OCC(COC)OC.C=C(C)C(=O)OCC(O)COC(=O)C(CC)(COC)COC(=O)c1cc(C(C)=O)c(C(=O)O)cc1C(=O)O.C=C(C)C(=O)OCC(O)COC(=O)CCC(=O)N(C)CCC.C=C(C)C(=O)OCC(O)COC(=O)CCC(=O)OCCOC(=O)C(C)(C)CC.C=CC(=O)OCC(COC)OC. The molecule has 37 nitrogen and oxygen atoms in total. The minimum atomic E-state index is -1.64. The summed E-state index contributed by atoms with van der Waals surface area (Å²) in [7, 11) is 9.15. The van der Waals surface area contributed by atoms with Crippen molar-refractivity contribution >= 4 is 89.3 Å². The summed E-state index contributed by atoms with van der Waals surface area (Å²) in [4.78, 5) is 175. The van der Waals surface area contributed by atoms with Crippen molar-refractivity contribution in [2.75, 3.05) is 142 Å². The lowest BCUT2D eigenvalue weighted by molar-refractivity contribution is -0.167. The topological polar surface area (TPSA) is 508 Å². The largest absolute Gasteiger partial charge is 0.478 e. The molecular formula is C76H115NO36. The first-order chi connectivity index (χ1) is 52.8. The number of aliphatic hydroxyl groups excluding tert-OH is 3. The minimum Gasteiger partial charge on any atom is -0.478 e. The predicted molar refractivity (Wildman–Crippen MR) is 398 cm³/mol. The molecule has 113 heavy (non-hydrogen) atoms. The summed E-state index contributed by atoms with van der Waals surface area (Å²) < 4.78 is 78.3. The van der Waals surface area contributed by atoms with E-state index in [1.165, 1.54) is 42.1 Å². The van der Waals surface area contributed by atoms with Crippen molar-refractivity contribution in [2.45, 2.75) is 145 Å². The van der Waals surface area contributed by atoms with Crippen molar-refractivity contribution < 1.29 is 173 Å². The number of ketones is 1. The van der Waals surface area contributed by atoms with E-state index in [0.717, 1.165) is 25.5 Å². The number of aliphatic hydroxyl groups is 3. The maximum atomic E-state index is 12.9. The maximum Gasteiger partial charge on any atom is 0.339 e. The number of nitrogens with zero attached hydrogens (tertiary/aromatic N) is 1. The van der Waals surface area contributed by atoms with Crippen molar-refractivity contribution in [3.8, 4) is 0 Å². The second-order valence-electron chi connectivity index (χ2n) is 25.1. The molecule has 0 saturated carbocycles. The number of aromatic carboxylic acids is 2. The van der Waals surface area contributed by atoms with Crippen LogP contribution in [-0.2, 0) is 129 Å².